The minimum atomic E-state index is 0.677. The first-order valence-corrected chi connectivity index (χ1v) is 4.32. The van der Waals surface area contributed by atoms with E-state index in [4.69, 9.17) is 5.53 Å². The lowest BCUT2D eigenvalue weighted by Crippen LogP contribution is -2.10. The van der Waals surface area contributed by atoms with Gasteiger partial charge in [0.1, 0.15) is 0 Å². The Kier molecular flexibility index (Phi) is 2.06. The number of hydrogen-bond acceptors (Lipinski definition) is 2. The summed E-state index contributed by atoms with van der Waals surface area (Å²) < 4.78 is 0. The Morgan fingerprint density at radius 3 is 3.23 bits per heavy atom. The third kappa shape index (κ3) is 1.58. The number of nitrogens with one attached hydrogen (secondary N) is 1. The van der Waals surface area contributed by atoms with Gasteiger partial charge in [0.2, 0.25) is 0 Å². The summed E-state index contributed by atoms with van der Waals surface area (Å²) in [7, 11) is 0. The summed E-state index contributed by atoms with van der Waals surface area (Å²) in [6, 6.07) is 5.77. The fourth-order valence-electron chi connectivity index (χ4n) is 1.56. The summed E-state index contributed by atoms with van der Waals surface area (Å²) >= 11 is 0. The second kappa shape index (κ2) is 3.37. The van der Waals surface area contributed by atoms with Gasteiger partial charge in [-0.05, 0) is 30.0 Å². The van der Waals surface area contributed by atoms with Crippen molar-refractivity contribution in [2.75, 3.05) is 11.9 Å². The molecule has 4 heteroatoms. The van der Waals surface area contributed by atoms with Crippen molar-refractivity contribution in [1.82, 2.24) is 0 Å². The average molecular weight is 174 g/mol. The number of rotatable bonds is 1. The van der Waals surface area contributed by atoms with E-state index < -0.39 is 0 Å². The van der Waals surface area contributed by atoms with E-state index in [1.165, 1.54) is 12.0 Å². The lowest BCUT2D eigenvalue weighted by molar-refractivity contribution is 0.830. The maximum absolute atomic E-state index is 8.26. The van der Waals surface area contributed by atoms with Crippen LogP contribution in [0.1, 0.15) is 12.0 Å². The van der Waals surface area contributed by atoms with Gasteiger partial charge in [0.05, 0.1) is 0 Å². The smallest absolute Gasteiger partial charge is 0.0396 e. The molecule has 0 atom stereocenters. The molecule has 1 N–H and O–H groups in total. The maximum atomic E-state index is 8.26. The monoisotopic (exact) mass is 174 g/mol. The molecule has 0 aromatic heterocycles. The predicted octanol–water partition coefficient (Wildman–Crippen LogP) is 2.99. The number of aryl methyl sites for hydroxylation is 1. The van der Waals surface area contributed by atoms with Crippen molar-refractivity contribution >= 4 is 11.4 Å². The minimum absolute atomic E-state index is 0.677. The normalized spacial score (nSPS) is 13.8. The second-order valence-electron chi connectivity index (χ2n) is 3.06. The molecule has 0 saturated carbocycles. The summed E-state index contributed by atoms with van der Waals surface area (Å²) in [6.45, 7) is 1.01. The van der Waals surface area contributed by atoms with Crippen LogP contribution >= 0.6 is 0 Å². The van der Waals surface area contributed by atoms with Gasteiger partial charge in [0.15, 0.2) is 0 Å². The van der Waals surface area contributed by atoms with Crippen LogP contribution in [0, 0.1) is 0 Å². The topological polar surface area (TPSA) is 60.8 Å². The van der Waals surface area contributed by atoms with Crippen LogP contribution in [0.4, 0.5) is 11.4 Å². The van der Waals surface area contributed by atoms with Gasteiger partial charge in [-0.25, -0.2) is 0 Å². The second-order valence-corrected chi connectivity index (χ2v) is 3.06. The van der Waals surface area contributed by atoms with Gasteiger partial charge in [-0.1, -0.05) is 17.2 Å². The van der Waals surface area contributed by atoms with Gasteiger partial charge in [-0.3, -0.25) is 0 Å². The molecule has 1 heterocycles. The van der Waals surface area contributed by atoms with E-state index in [-0.39, 0.29) is 0 Å². The van der Waals surface area contributed by atoms with Gasteiger partial charge in [0.25, 0.3) is 0 Å². The van der Waals surface area contributed by atoms with Crippen LogP contribution in [-0.2, 0) is 6.42 Å². The maximum Gasteiger partial charge on any atom is 0.0396 e. The van der Waals surface area contributed by atoms with Gasteiger partial charge >= 0.3 is 0 Å². The van der Waals surface area contributed by atoms with Crippen LogP contribution in [0.5, 0.6) is 0 Å². The van der Waals surface area contributed by atoms with Crippen LogP contribution < -0.4 is 5.32 Å². The first kappa shape index (κ1) is 7.95. The predicted molar refractivity (Wildman–Crippen MR) is 52.1 cm³/mol. The Hall–Kier alpha value is -1.67. The fraction of sp³-hybridized carbons (Fsp3) is 0.333. The van der Waals surface area contributed by atoms with Crippen molar-refractivity contribution in [3.05, 3.63) is 34.2 Å². The van der Waals surface area contributed by atoms with E-state index in [9.17, 15) is 0 Å². The van der Waals surface area contributed by atoms with Gasteiger partial charge in [0, 0.05) is 22.8 Å². The molecule has 0 spiro atoms. The van der Waals surface area contributed by atoms with Gasteiger partial charge in [-0.15, -0.1) is 0 Å². The largest absolute Gasteiger partial charge is 0.385 e. The lowest BCUT2D eigenvalue weighted by Gasteiger charge is -2.17. The molecule has 13 heavy (non-hydrogen) atoms. The molecule has 1 aromatic rings. The number of azide groups is 1. The summed E-state index contributed by atoms with van der Waals surface area (Å²) in [4.78, 5) is 2.75. The van der Waals surface area contributed by atoms with E-state index >= 15 is 0 Å². The highest BCUT2D eigenvalue weighted by atomic mass is 15.1. The molecule has 1 aliphatic rings. The van der Waals surface area contributed by atoms with Crippen molar-refractivity contribution in [3.63, 3.8) is 0 Å². The van der Waals surface area contributed by atoms with Crippen molar-refractivity contribution in [3.8, 4) is 0 Å². The quantitative estimate of drug-likeness (QED) is 0.397. The molecule has 66 valence electrons. The molecule has 0 saturated heterocycles. The van der Waals surface area contributed by atoms with Crippen LogP contribution in [-0.4, -0.2) is 6.54 Å². The van der Waals surface area contributed by atoms with Crippen LogP contribution in [0.3, 0.4) is 0 Å². The standard InChI is InChI=1S/C9H10N4/c10-13-12-8-4-3-7-2-1-5-11-9(7)6-8/h3-4,6,11H,1-2,5H2. The van der Waals surface area contributed by atoms with Crippen molar-refractivity contribution in [2.24, 2.45) is 5.11 Å². The van der Waals surface area contributed by atoms with E-state index in [1.807, 2.05) is 18.2 Å². The Bertz CT molecular complexity index is 366. The van der Waals surface area contributed by atoms with Crippen molar-refractivity contribution in [2.45, 2.75) is 12.8 Å². The minimum Gasteiger partial charge on any atom is -0.385 e. The zero-order valence-electron chi connectivity index (χ0n) is 7.20. The Balaban J connectivity index is 2.40. The molecule has 0 radical (unpaired) electrons. The highest BCUT2D eigenvalue weighted by Crippen LogP contribution is 2.26. The zero-order valence-corrected chi connectivity index (χ0v) is 7.20. The summed E-state index contributed by atoms with van der Waals surface area (Å²) in [5.74, 6) is 0. The summed E-state index contributed by atoms with van der Waals surface area (Å²) in [5, 5.41) is 6.83. The van der Waals surface area contributed by atoms with E-state index in [2.05, 4.69) is 15.3 Å². The fourth-order valence-corrected chi connectivity index (χ4v) is 1.56. The highest BCUT2D eigenvalue weighted by molar-refractivity contribution is 5.60. The van der Waals surface area contributed by atoms with Crippen molar-refractivity contribution in [1.29, 1.82) is 0 Å². The van der Waals surface area contributed by atoms with Crippen LogP contribution in [0.25, 0.3) is 10.4 Å². The summed E-state index contributed by atoms with van der Waals surface area (Å²) in [5.41, 5.74) is 11.4. The molecule has 0 fully saturated rings. The molecule has 4 nitrogen and oxygen atoms in total. The number of hydrogen-bond donors (Lipinski definition) is 1. The Morgan fingerprint density at radius 1 is 1.46 bits per heavy atom. The van der Waals surface area contributed by atoms with Crippen molar-refractivity contribution < 1.29 is 0 Å². The van der Waals surface area contributed by atoms with Gasteiger partial charge in [-0.2, -0.15) is 0 Å². The van der Waals surface area contributed by atoms with E-state index in [0.29, 0.717) is 5.69 Å². The van der Waals surface area contributed by atoms with Crippen LogP contribution in [0.2, 0.25) is 0 Å². The Labute approximate surface area is 76.2 Å². The van der Waals surface area contributed by atoms with Crippen LogP contribution in [0.15, 0.2) is 23.3 Å². The number of benzene rings is 1. The molecule has 0 unspecified atom stereocenters. The first-order valence-electron chi connectivity index (χ1n) is 4.32. The molecular weight excluding hydrogens is 164 g/mol. The van der Waals surface area contributed by atoms with Gasteiger partial charge < -0.3 is 5.32 Å². The summed E-state index contributed by atoms with van der Waals surface area (Å²) in [6.07, 6.45) is 2.28. The molecular formula is C9H10N4. The third-order valence-corrected chi connectivity index (χ3v) is 2.19. The molecule has 0 amide bonds. The van der Waals surface area contributed by atoms with E-state index in [0.717, 1.165) is 18.7 Å². The number of nitrogens with zero attached hydrogens (tertiary/aromatic N) is 3. The molecule has 1 aromatic carbocycles. The highest BCUT2D eigenvalue weighted by Gasteiger charge is 2.07. The Morgan fingerprint density at radius 2 is 2.38 bits per heavy atom. The first-order chi connectivity index (χ1) is 6.40. The molecule has 1 aliphatic heterocycles. The SMILES string of the molecule is [N-]=[N+]=Nc1ccc2c(c1)NCCC2. The molecule has 0 aliphatic carbocycles. The molecule has 2 rings (SSSR count). The molecule has 0 bridgehead atoms. The number of anilines is 1. The lowest BCUT2D eigenvalue weighted by atomic mass is 10.0. The van der Waals surface area contributed by atoms with E-state index in [1.54, 1.807) is 0 Å². The zero-order chi connectivity index (χ0) is 9.10. The number of fused-ring (bicyclic) bond motifs is 1. The third-order valence-electron chi connectivity index (χ3n) is 2.19. The average Bonchev–Trinajstić information content (AvgIpc) is 2.18.